The molecule has 21 heavy (non-hydrogen) atoms. The maximum absolute atomic E-state index is 12.2. The molecule has 1 aliphatic rings. The summed E-state index contributed by atoms with van der Waals surface area (Å²) in [5, 5.41) is 3.11. The van der Waals surface area contributed by atoms with Crippen molar-refractivity contribution in [2.45, 2.75) is 43.4 Å². The lowest BCUT2D eigenvalue weighted by Crippen LogP contribution is -2.28. The number of hydrogen-bond acceptors (Lipinski definition) is 3. The van der Waals surface area contributed by atoms with Gasteiger partial charge in [0, 0.05) is 6.54 Å². The normalized spacial score (nSPS) is 16.4. The van der Waals surface area contributed by atoms with E-state index in [1.807, 2.05) is 19.2 Å². The molecule has 5 heteroatoms. The molecule has 118 valence electrons. The molecule has 0 unspecified atom stereocenters. The zero-order chi connectivity index (χ0) is 15.1. The van der Waals surface area contributed by atoms with Crippen LogP contribution in [0.25, 0.3) is 0 Å². The van der Waals surface area contributed by atoms with E-state index < -0.39 is 10.0 Å². The Hall–Kier alpha value is -0.910. The summed E-state index contributed by atoms with van der Waals surface area (Å²) in [6.07, 6.45) is 6.78. The average molecular weight is 310 g/mol. The average Bonchev–Trinajstić information content (AvgIpc) is 3.00. The van der Waals surface area contributed by atoms with E-state index in [0.717, 1.165) is 32.2 Å². The third-order valence-corrected chi connectivity index (χ3v) is 5.60. The van der Waals surface area contributed by atoms with E-state index in [1.165, 1.54) is 18.4 Å². The summed E-state index contributed by atoms with van der Waals surface area (Å²) in [5.41, 5.74) is 1.18. The first-order valence-corrected chi connectivity index (χ1v) is 9.33. The van der Waals surface area contributed by atoms with Crippen molar-refractivity contribution in [2.24, 2.45) is 5.92 Å². The zero-order valence-electron chi connectivity index (χ0n) is 12.8. The Morgan fingerprint density at radius 2 is 1.81 bits per heavy atom. The first-order chi connectivity index (χ1) is 10.1. The third-order valence-electron chi connectivity index (χ3n) is 4.16. The summed E-state index contributed by atoms with van der Waals surface area (Å²) in [5.74, 6) is 0.514. The van der Waals surface area contributed by atoms with E-state index in [1.54, 1.807) is 12.1 Å². The van der Waals surface area contributed by atoms with E-state index in [-0.39, 0.29) is 0 Å². The van der Waals surface area contributed by atoms with Gasteiger partial charge in [-0.2, -0.15) is 0 Å². The maximum Gasteiger partial charge on any atom is 0.240 e. The Kier molecular flexibility index (Phi) is 6.21. The van der Waals surface area contributed by atoms with Gasteiger partial charge in [0.05, 0.1) is 4.90 Å². The molecule has 0 aliphatic heterocycles. The molecule has 4 nitrogen and oxygen atoms in total. The Bertz CT molecular complexity index is 520. The fourth-order valence-corrected chi connectivity index (χ4v) is 3.95. The van der Waals surface area contributed by atoms with Crippen LogP contribution in [0.2, 0.25) is 0 Å². The lowest BCUT2D eigenvalue weighted by Gasteiger charge is -2.11. The standard InChI is InChI=1S/C16H26N2O2S/c1-17-12-4-7-14-8-10-16(11-9-14)21(19,20)18-13-15-5-2-3-6-15/h8-11,15,17-18H,2-7,12-13H2,1H3. The first kappa shape index (κ1) is 16.5. The highest BCUT2D eigenvalue weighted by atomic mass is 32.2. The molecule has 0 atom stereocenters. The van der Waals surface area contributed by atoms with Crippen molar-refractivity contribution in [3.63, 3.8) is 0 Å². The minimum absolute atomic E-state index is 0.373. The summed E-state index contributed by atoms with van der Waals surface area (Å²) in [6.45, 7) is 1.55. The van der Waals surface area contributed by atoms with Gasteiger partial charge in [-0.1, -0.05) is 25.0 Å². The number of benzene rings is 1. The molecule has 1 fully saturated rings. The summed E-state index contributed by atoms with van der Waals surface area (Å²) in [7, 11) is -1.42. The number of nitrogens with one attached hydrogen (secondary N) is 2. The van der Waals surface area contributed by atoms with Gasteiger partial charge < -0.3 is 5.32 Å². The van der Waals surface area contributed by atoms with Crippen LogP contribution in [0.1, 0.15) is 37.7 Å². The van der Waals surface area contributed by atoms with E-state index in [2.05, 4.69) is 10.0 Å². The lowest BCUT2D eigenvalue weighted by molar-refractivity contribution is 0.519. The molecule has 0 spiro atoms. The second-order valence-electron chi connectivity index (χ2n) is 5.85. The largest absolute Gasteiger partial charge is 0.320 e. The van der Waals surface area contributed by atoms with Crippen molar-refractivity contribution in [1.82, 2.24) is 10.0 Å². The van der Waals surface area contributed by atoms with E-state index >= 15 is 0 Å². The number of hydrogen-bond donors (Lipinski definition) is 2. The van der Waals surface area contributed by atoms with Gasteiger partial charge in [0.15, 0.2) is 0 Å². The van der Waals surface area contributed by atoms with Gasteiger partial charge in [-0.3, -0.25) is 0 Å². The highest BCUT2D eigenvalue weighted by molar-refractivity contribution is 7.89. The molecular weight excluding hydrogens is 284 g/mol. The van der Waals surface area contributed by atoms with Gasteiger partial charge in [-0.15, -0.1) is 0 Å². The predicted octanol–water partition coefficient (Wildman–Crippen LogP) is 2.31. The third kappa shape index (κ3) is 5.09. The fourth-order valence-electron chi connectivity index (χ4n) is 2.83. The SMILES string of the molecule is CNCCCc1ccc(S(=O)(=O)NCC2CCCC2)cc1. The van der Waals surface area contributed by atoms with Gasteiger partial charge >= 0.3 is 0 Å². The van der Waals surface area contributed by atoms with Gasteiger partial charge in [0.2, 0.25) is 10.0 Å². The Morgan fingerprint density at radius 3 is 2.43 bits per heavy atom. The van der Waals surface area contributed by atoms with Gasteiger partial charge in [-0.25, -0.2) is 13.1 Å². The topological polar surface area (TPSA) is 58.2 Å². The van der Waals surface area contributed by atoms with Crippen LogP contribution in [0, 0.1) is 5.92 Å². The predicted molar refractivity (Wildman–Crippen MR) is 85.8 cm³/mol. The van der Waals surface area contributed by atoms with Crippen molar-refractivity contribution < 1.29 is 8.42 Å². The lowest BCUT2D eigenvalue weighted by atomic mass is 10.1. The maximum atomic E-state index is 12.2. The van der Waals surface area contributed by atoms with Crippen LogP contribution in [0.4, 0.5) is 0 Å². The van der Waals surface area contributed by atoms with E-state index in [4.69, 9.17) is 0 Å². The Morgan fingerprint density at radius 1 is 1.14 bits per heavy atom. The summed E-state index contributed by atoms with van der Waals surface area (Å²) in [6, 6.07) is 7.26. The van der Waals surface area contributed by atoms with Crippen LogP contribution in [0.15, 0.2) is 29.2 Å². The van der Waals surface area contributed by atoms with Crippen molar-refractivity contribution in [3.05, 3.63) is 29.8 Å². The van der Waals surface area contributed by atoms with Crippen LogP contribution in [0.3, 0.4) is 0 Å². The molecule has 0 heterocycles. The monoisotopic (exact) mass is 310 g/mol. The van der Waals surface area contributed by atoms with E-state index in [0.29, 0.717) is 17.4 Å². The molecule has 1 aromatic carbocycles. The number of rotatable bonds is 8. The van der Waals surface area contributed by atoms with Crippen LogP contribution in [-0.2, 0) is 16.4 Å². The Balaban J connectivity index is 1.89. The molecular formula is C16H26N2O2S. The molecule has 0 radical (unpaired) electrons. The zero-order valence-corrected chi connectivity index (χ0v) is 13.6. The molecule has 0 saturated heterocycles. The van der Waals surface area contributed by atoms with E-state index in [9.17, 15) is 8.42 Å². The van der Waals surface area contributed by atoms with Crippen LogP contribution in [0.5, 0.6) is 0 Å². The summed E-state index contributed by atoms with van der Waals surface area (Å²) in [4.78, 5) is 0.373. The quantitative estimate of drug-likeness (QED) is 0.724. The second-order valence-corrected chi connectivity index (χ2v) is 7.62. The molecule has 1 aromatic rings. The van der Waals surface area contributed by atoms with Crippen molar-refractivity contribution in [2.75, 3.05) is 20.1 Å². The van der Waals surface area contributed by atoms with Gasteiger partial charge in [0.1, 0.15) is 0 Å². The minimum atomic E-state index is -3.35. The highest BCUT2D eigenvalue weighted by Gasteiger charge is 2.19. The fraction of sp³-hybridized carbons (Fsp3) is 0.625. The molecule has 1 aliphatic carbocycles. The summed E-state index contributed by atoms with van der Waals surface area (Å²) >= 11 is 0. The van der Waals surface area contributed by atoms with Crippen LogP contribution < -0.4 is 10.0 Å². The van der Waals surface area contributed by atoms with Crippen LogP contribution in [-0.4, -0.2) is 28.6 Å². The van der Waals surface area contributed by atoms with Crippen molar-refractivity contribution >= 4 is 10.0 Å². The number of aryl methyl sites for hydroxylation is 1. The Labute approximate surface area is 128 Å². The van der Waals surface area contributed by atoms with Crippen molar-refractivity contribution in [1.29, 1.82) is 0 Å². The highest BCUT2D eigenvalue weighted by Crippen LogP contribution is 2.24. The smallest absolute Gasteiger partial charge is 0.240 e. The second kappa shape index (κ2) is 7.92. The molecule has 0 aromatic heterocycles. The van der Waals surface area contributed by atoms with Gasteiger partial charge in [0.25, 0.3) is 0 Å². The molecule has 2 rings (SSSR count). The van der Waals surface area contributed by atoms with Crippen molar-refractivity contribution in [3.8, 4) is 0 Å². The molecule has 0 amide bonds. The van der Waals surface area contributed by atoms with Crippen LogP contribution >= 0.6 is 0 Å². The molecule has 2 N–H and O–H groups in total. The molecule has 0 bridgehead atoms. The minimum Gasteiger partial charge on any atom is -0.320 e. The summed E-state index contributed by atoms with van der Waals surface area (Å²) < 4.78 is 27.2. The first-order valence-electron chi connectivity index (χ1n) is 7.85. The molecule has 1 saturated carbocycles. The number of sulfonamides is 1. The van der Waals surface area contributed by atoms with Gasteiger partial charge in [-0.05, 0) is 62.9 Å².